The lowest BCUT2D eigenvalue weighted by molar-refractivity contribution is -0.154. The van der Waals surface area contributed by atoms with E-state index in [9.17, 15) is 9.59 Å². The quantitative estimate of drug-likeness (QED) is 0.617. The fourth-order valence-electron chi connectivity index (χ4n) is 1.75. The van der Waals surface area contributed by atoms with Crippen molar-refractivity contribution in [1.82, 2.24) is 15.1 Å². The third-order valence-corrected chi connectivity index (χ3v) is 2.78. The molecule has 0 radical (unpaired) electrons. The Morgan fingerprint density at radius 3 is 2.56 bits per heavy atom. The Labute approximate surface area is 106 Å². The first-order chi connectivity index (χ1) is 8.47. The predicted molar refractivity (Wildman–Crippen MR) is 66.0 cm³/mol. The number of amides is 1. The summed E-state index contributed by atoms with van der Waals surface area (Å²) < 4.78 is 6.39. The Balaban J connectivity index is 2.47. The van der Waals surface area contributed by atoms with Crippen LogP contribution in [0.5, 0.6) is 0 Å². The van der Waals surface area contributed by atoms with Crippen LogP contribution in [0.2, 0.25) is 0 Å². The summed E-state index contributed by atoms with van der Waals surface area (Å²) in [6.45, 7) is 6.16. The number of nitrogens with one attached hydrogen (secondary N) is 1. The van der Waals surface area contributed by atoms with E-state index in [0.717, 1.165) is 17.0 Å². The van der Waals surface area contributed by atoms with Crippen LogP contribution in [-0.4, -0.2) is 34.8 Å². The van der Waals surface area contributed by atoms with E-state index in [4.69, 9.17) is 0 Å². The van der Waals surface area contributed by atoms with Gasteiger partial charge < -0.3 is 10.1 Å². The van der Waals surface area contributed by atoms with Gasteiger partial charge in [-0.05, 0) is 32.8 Å². The van der Waals surface area contributed by atoms with Crippen LogP contribution in [0.25, 0.3) is 0 Å². The standard InChI is InChI=1S/C12H19N3O3/c1-5-18-12(17)11(16)13-7-6-10-8(2)14-15(4)9(10)3/h5-7H2,1-4H3,(H,13,16). The van der Waals surface area contributed by atoms with E-state index in [0.29, 0.717) is 13.0 Å². The highest BCUT2D eigenvalue weighted by Crippen LogP contribution is 2.11. The van der Waals surface area contributed by atoms with Gasteiger partial charge in [-0.15, -0.1) is 0 Å². The van der Waals surface area contributed by atoms with Gasteiger partial charge in [-0.3, -0.25) is 9.48 Å². The lowest BCUT2D eigenvalue weighted by Gasteiger charge is -2.05. The first-order valence-corrected chi connectivity index (χ1v) is 5.91. The van der Waals surface area contributed by atoms with Crippen molar-refractivity contribution in [3.63, 3.8) is 0 Å². The molecule has 6 heteroatoms. The highest BCUT2D eigenvalue weighted by atomic mass is 16.5. The third-order valence-electron chi connectivity index (χ3n) is 2.78. The van der Waals surface area contributed by atoms with Crippen molar-refractivity contribution in [1.29, 1.82) is 0 Å². The number of nitrogens with zero attached hydrogens (tertiary/aromatic N) is 2. The minimum Gasteiger partial charge on any atom is -0.459 e. The molecule has 1 amide bonds. The molecule has 6 nitrogen and oxygen atoms in total. The van der Waals surface area contributed by atoms with Gasteiger partial charge in [-0.1, -0.05) is 0 Å². The number of esters is 1. The number of aryl methyl sites for hydroxylation is 2. The molecule has 1 rings (SSSR count). The summed E-state index contributed by atoms with van der Waals surface area (Å²) in [5, 5.41) is 6.81. The van der Waals surface area contributed by atoms with E-state index < -0.39 is 11.9 Å². The van der Waals surface area contributed by atoms with Crippen LogP contribution in [-0.2, 0) is 27.8 Å². The highest BCUT2D eigenvalue weighted by molar-refractivity contribution is 6.32. The van der Waals surface area contributed by atoms with E-state index in [2.05, 4.69) is 15.2 Å². The molecular weight excluding hydrogens is 234 g/mol. The predicted octanol–water partition coefficient (Wildman–Crippen LogP) is 0.259. The molecule has 1 heterocycles. The smallest absolute Gasteiger partial charge is 0.396 e. The van der Waals surface area contributed by atoms with Gasteiger partial charge in [0, 0.05) is 19.3 Å². The van der Waals surface area contributed by atoms with Crippen molar-refractivity contribution in [3.05, 3.63) is 17.0 Å². The second-order valence-electron chi connectivity index (χ2n) is 4.00. The Bertz CT molecular complexity index is 452. The number of carbonyl (C=O) groups is 2. The molecule has 0 fully saturated rings. The Morgan fingerprint density at radius 2 is 2.06 bits per heavy atom. The van der Waals surface area contributed by atoms with Crippen molar-refractivity contribution < 1.29 is 14.3 Å². The number of aromatic nitrogens is 2. The number of carbonyl (C=O) groups excluding carboxylic acids is 2. The third kappa shape index (κ3) is 3.32. The lowest BCUT2D eigenvalue weighted by Crippen LogP contribution is -2.34. The molecule has 0 saturated carbocycles. The molecule has 1 aromatic heterocycles. The molecule has 1 N–H and O–H groups in total. The zero-order valence-corrected chi connectivity index (χ0v) is 11.2. The van der Waals surface area contributed by atoms with Crippen molar-refractivity contribution in [3.8, 4) is 0 Å². The molecule has 18 heavy (non-hydrogen) atoms. The molecule has 0 aromatic carbocycles. The molecule has 0 unspecified atom stereocenters. The topological polar surface area (TPSA) is 73.2 Å². The van der Waals surface area contributed by atoms with Crippen LogP contribution in [0.4, 0.5) is 0 Å². The van der Waals surface area contributed by atoms with E-state index in [-0.39, 0.29) is 6.61 Å². The number of ether oxygens (including phenoxy) is 1. The monoisotopic (exact) mass is 253 g/mol. The van der Waals surface area contributed by atoms with Gasteiger partial charge >= 0.3 is 11.9 Å². The largest absolute Gasteiger partial charge is 0.459 e. The second-order valence-corrected chi connectivity index (χ2v) is 4.00. The first-order valence-electron chi connectivity index (χ1n) is 5.91. The number of rotatable bonds is 4. The maximum Gasteiger partial charge on any atom is 0.396 e. The summed E-state index contributed by atoms with van der Waals surface area (Å²) >= 11 is 0. The molecule has 0 aliphatic carbocycles. The normalized spacial score (nSPS) is 10.2. The van der Waals surface area contributed by atoms with Crippen LogP contribution in [0.15, 0.2) is 0 Å². The van der Waals surface area contributed by atoms with Gasteiger partial charge in [0.2, 0.25) is 0 Å². The molecule has 0 aliphatic rings. The summed E-state index contributed by atoms with van der Waals surface area (Å²) in [4.78, 5) is 22.4. The average Bonchev–Trinajstić information content (AvgIpc) is 2.55. The van der Waals surface area contributed by atoms with Crippen LogP contribution in [0.1, 0.15) is 23.9 Å². The van der Waals surface area contributed by atoms with Gasteiger partial charge in [0.05, 0.1) is 12.3 Å². The van der Waals surface area contributed by atoms with E-state index in [1.54, 1.807) is 11.6 Å². The van der Waals surface area contributed by atoms with Crippen molar-refractivity contribution in [2.75, 3.05) is 13.2 Å². The van der Waals surface area contributed by atoms with Crippen LogP contribution in [0, 0.1) is 13.8 Å². The SMILES string of the molecule is CCOC(=O)C(=O)NCCc1c(C)nn(C)c1C. The maximum atomic E-state index is 11.3. The van der Waals surface area contributed by atoms with Crippen molar-refractivity contribution >= 4 is 11.9 Å². The minimum absolute atomic E-state index is 0.201. The highest BCUT2D eigenvalue weighted by Gasteiger charge is 2.14. The summed E-state index contributed by atoms with van der Waals surface area (Å²) in [5.74, 6) is -1.53. The summed E-state index contributed by atoms with van der Waals surface area (Å²) in [5.41, 5.74) is 3.11. The molecule has 1 aromatic rings. The van der Waals surface area contributed by atoms with Gasteiger partial charge in [0.25, 0.3) is 0 Å². The number of hydrogen-bond donors (Lipinski definition) is 1. The number of hydrogen-bond acceptors (Lipinski definition) is 4. The Morgan fingerprint density at radius 1 is 1.39 bits per heavy atom. The van der Waals surface area contributed by atoms with Gasteiger partial charge in [0.1, 0.15) is 0 Å². The zero-order valence-electron chi connectivity index (χ0n) is 11.2. The molecule has 0 atom stereocenters. The fraction of sp³-hybridized carbons (Fsp3) is 0.583. The second kappa shape index (κ2) is 6.18. The average molecular weight is 253 g/mol. The van der Waals surface area contributed by atoms with E-state index in [1.807, 2.05) is 20.9 Å². The van der Waals surface area contributed by atoms with E-state index in [1.165, 1.54) is 0 Å². The fourth-order valence-corrected chi connectivity index (χ4v) is 1.75. The first kappa shape index (κ1) is 14.2. The molecule has 100 valence electrons. The van der Waals surface area contributed by atoms with Gasteiger partial charge in [-0.2, -0.15) is 5.10 Å². The molecular formula is C12H19N3O3. The van der Waals surface area contributed by atoms with Crippen molar-refractivity contribution in [2.45, 2.75) is 27.2 Å². The molecule has 0 aliphatic heterocycles. The van der Waals surface area contributed by atoms with Crippen LogP contribution in [0.3, 0.4) is 0 Å². The molecule has 0 saturated heterocycles. The van der Waals surface area contributed by atoms with E-state index >= 15 is 0 Å². The van der Waals surface area contributed by atoms with Crippen LogP contribution >= 0.6 is 0 Å². The van der Waals surface area contributed by atoms with Crippen molar-refractivity contribution in [2.24, 2.45) is 7.05 Å². The summed E-state index contributed by atoms with van der Waals surface area (Å²) in [6.07, 6.45) is 0.649. The lowest BCUT2D eigenvalue weighted by atomic mass is 10.1. The molecule has 0 spiro atoms. The zero-order chi connectivity index (χ0) is 13.7. The maximum absolute atomic E-state index is 11.3. The van der Waals surface area contributed by atoms with Gasteiger partial charge in [0.15, 0.2) is 0 Å². The Hall–Kier alpha value is -1.85. The summed E-state index contributed by atoms with van der Waals surface area (Å²) in [7, 11) is 1.88. The summed E-state index contributed by atoms with van der Waals surface area (Å²) in [6, 6.07) is 0. The Kier molecular flexibility index (Phi) is 4.88. The van der Waals surface area contributed by atoms with Gasteiger partial charge in [-0.25, -0.2) is 4.79 Å². The minimum atomic E-state index is -0.836. The van der Waals surface area contributed by atoms with Crippen LogP contribution < -0.4 is 5.32 Å². The molecule has 0 bridgehead atoms.